The minimum Gasteiger partial charge on any atom is -0.497 e. The van der Waals surface area contributed by atoms with E-state index in [1.54, 1.807) is 19.2 Å². The van der Waals surface area contributed by atoms with Gasteiger partial charge in [0.2, 0.25) is 5.91 Å². The van der Waals surface area contributed by atoms with Crippen LogP contribution in [-0.2, 0) is 16.0 Å². The van der Waals surface area contributed by atoms with Crippen molar-refractivity contribution in [3.05, 3.63) is 29.8 Å². The van der Waals surface area contributed by atoms with Crippen LogP contribution in [-0.4, -0.2) is 29.6 Å². The molecule has 1 amide bonds. The molecule has 0 aromatic heterocycles. The van der Waals surface area contributed by atoms with E-state index in [1.165, 1.54) is 0 Å². The lowest BCUT2D eigenvalue weighted by Crippen LogP contribution is -2.55. The lowest BCUT2D eigenvalue weighted by molar-refractivity contribution is -0.140. The Kier molecular flexibility index (Phi) is 4.27. The molecule has 0 bridgehead atoms. The number of carboxylic acid groups (broad SMARTS) is 1. The van der Waals surface area contributed by atoms with E-state index >= 15 is 0 Å². The number of hydrogen-bond acceptors (Lipinski definition) is 3. The minimum absolute atomic E-state index is 0.00134. The molecule has 0 radical (unpaired) electrons. The molecule has 0 unspecified atom stereocenters. The van der Waals surface area contributed by atoms with Gasteiger partial charge in [-0.2, -0.15) is 0 Å². The number of ether oxygens (including phenoxy) is 1. The fourth-order valence-electron chi connectivity index (χ4n) is 2.51. The summed E-state index contributed by atoms with van der Waals surface area (Å²) in [5, 5.41) is 11.8. The monoisotopic (exact) mass is 277 g/mol. The van der Waals surface area contributed by atoms with Crippen LogP contribution in [0.15, 0.2) is 24.3 Å². The Bertz CT molecular complexity index is 491. The van der Waals surface area contributed by atoms with E-state index in [0.717, 1.165) is 30.6 Å². The normalized spacial score (nSPS) is 16.1. The zero-order valence-corrected chi connectivity index (χ0v) is 11.5. The first-order valence-electron chi connectivity index (χ1n) is 6.69. The predicted molar refractivity (Wildman–Crippen MR) is 73.7 cm³/mol. The Hall–Kier alpha value is -2.04. The highest BCUT2D eigenvalue weighted by atomic mass is 16.5. The lowest BCUT2D eigenvalue weighted by Gasteiger charge is -2.41. The van der Waals surface area contributed by atoms with Crippen LogP contribution < -0.4 is 10.1 Å². The lowest BCUT2D eigenvalue weighted by atomic mass is 9.74. The van der Waals surface area contributed by atoms with E-state index in [0.29, 0.717) is 0 Å². The van der Waals surface area contributed by atoms with Crippen LogP contribution in [0.25, 0.3) is 0 Å². The van der Waals surface area contributed by atoms with Crippen LogP contribution in [0.3, 0.4) is 0 Å². The highest BCUT2D eigenvalue weighted by Crippen LogP contribution is 2.35. The molecule has 5 heteroatoms. The molecular weight excluding hydrogens is 258 g/mol. The van der Waals surface area contributed by atoms with Crippen LogP contribution in [0.4, 0.5) is 0 Å². The molecule has 0 heterocycles. The molecule has 108 valence electrons. The summed E-state index contributed by atoms with van der Waals surface area (Å²) < 4.78 is 5.06. The molecule has 1 aliphatic carbocycles. The van der Waals surface area contributed by atoms with Crippen molar-refractivity contribution < 1.29 is 19.4 Å². The molecule has 1 aromatic carbocycles. The van der Waals surface area contributed by atoms with Gasteiger partial charge in [0.05, 0.1) is 25.5 Å². The predicted octanol–water partition coefficient (Wildman–Crippen LogP) is 1.75. The molecule has 0 spiro atoms. The van der Waals surface area contributed by atoms with E-state index < -0.39 is 11.5 Å². The van der Waals surface area contributed by atoms with Gasteiger partial charge in [-0.15, -0.1) is 0 Å². The molecule has 0 saturated heterocycles. The second-order valence-corrected chi connectivity index (χ2v) is 5.28. The molecule has 1 aliphatic rings. The minimum atomic E-state index is -0.866. The van der Waals surface area contributed by atoms with E-state index in [1.807, 2.05) is 12.1 Å². The van der Waals surface area contributed by atoms with Gasteiger partial charge in [-0.25, -0.2) is 0 Å². The van der Waals surface area contributed by atoms with Gasteiger partial charge in [-0.1, -0.05) is 12.1 Å². The first kappa shape index (κ1) is 14.4. The number of benzene rings is 1. The van der Waals surface area contributed by atoms with Crippen LogP contribution in [0.2, 0.25) is 0 Å². The molecule has 0 aliphatic heterocycles. The van der Waals surface area contributed by atoms with Crippen molar-refractivity contribution in [2.24, 2.45) is 0 Å². The molecule has 20 heavy (non-hydrogen) atoms. The number of aliphatic carboxylic acids is 1. The number of carbonyl (C=O) groups excluding carboxylic acids is 1. The average Bonchev–Trinajstić information content (AvgIpc) is 2.36. The summed E-state index contributed by atoms with van der Waals surface area (Å²) in [5.74, 6) is -0.249. The van der Waals surface area contributed by atoms with E-state index in [4.69, 9.17) is 9.84 Å². The van der Waals surface area contributed by atoms with Gasteiger partial charge >= 0.3 is 5.97 Å². The third-order valence-electron chi connectivity index (χ3n) is 3.73. The van der Waals surface area contributed by atoms with Crippen molar-refractivity contribution >= 4 is 11.9 Å². The number of nitrogens with one attached hydrogen (secondary N) is 1. The molecule has 2 N–H and O–H groups in total. The second kappa shape index (κ2) is 5.94. The number of rotatable bonds is 6. The fraction of sp³-hybridized carbons (Fsp3) is 0.467. The van der Waals surface area contributed by atoms with Crippen molar-refractivity contribution in [2.75, 3.05) is 7.11 Å². The van der Waals surface area contributed by atoms with E-state index in [-0.39, 0.29) is 18.7 Å². The molecule has 0 atom stereocenters. The van der Waals surface area contributed by atoms with Gasteiger partial charge in [0.25, 0.3) is 0 Å². The zero-order valence-electron chi connectivity index (χ0n) is 11.5. The number of amides is 1. The van der Waals surface area contributed by atoms with Gasteiger partial charge in [0.1, 0.15) is 5.75 Å². The van der Waals surface area contributed by atoms with Crippen LogP contribution >= 0.6 is 0 Å². The van der Waals surface area contributed by atoms with Gasteiger partial charge < -0.3 is 15.2 Å². The number of methoxy groups -OCH3 is 1. The standard InChI is InChI=1S/C15H19NO4/c1-20-12-5-3-11(4-6-12)9-13(17)16-15(7-2-8-15)10-14(18)19/h3-6H,2,7-10H2,1H3,(H,16,17)(H,18,19). The Morgan fingerprint density at radius 1 is 1.30 bits per heavy atom. The number of carboxylic acids is 1. The quantitative estimate of drug-likeness (QED) is 0.830. The van der Waals surface area contributed by atoms with Crippen molar-refractivity contribution in [3.63, 3.8) is 0 Å². The largest absolute Gasteiger partial charge is 0.497 e. The summed E-state index contributed by atoms with van der Waals surface area (Å²) in [6.45, 7) is 0. The van der Waals surface area contributed by atoms with Crippen LogP contribution in [0.5, 0.6) is 5.75 Å². The highest BCUT2D eigenvalue weighted by molar-refractivity contribution is 5.80. The summed E-state index contributed by atoms with van der Waals surface area (Å²) in [5.41, 5.74) is 0.350. The molecule has 1 fully saturated rings. The Morgan fingerprint density at radius 2 is 1.95 bits per heavy atom. The van der Waals surface area contributed by atoms with Crippen LogP contribution in [0, 0.1) is 0 Å². The summed E-state index contributed by atoms with van der Waals surface area (Å²) in [7, 11) is 1.59. The summed E-state index contributed by atoms with van der Waals surface area (Å²) in [4.78, 5) is 22.9. The van der Waals surface area contributed by atoms with Gasteiger partial charge in [-0.3, -0.25) is 9.59 Å². The number of carbonyl (C=O) groups is 2. The highest BCUT2D eigenvalue weighted by Gasteiger charge is 2.40. The SMILES string of the molecule is COc1ccc(CC(=O)NC2(CC(=O)O)CCC2)cc1. The summed E-state index contributed by atoms with van der Waals surface area (Å²) >= 11 is 0. The maximum Gasteiger partial charge on any atom is 0.305 e. The average molecular weight is 277 g/mol. The topological polar surface area (TPSA) is 75.6 Å². The molecular formula is C15H19NO4. The number of hydrogen-bond donors (Lipinski definition) is 2. The van der Waals surface area contributed by atoms with Gasteiger partial charge in [0.15, 0.2) is 0 Å². The molecule has 5 nitrogen and oxygen atoms in total. The zero-order chi connectivity index (χ0) is 14.6. The maximum atomic E-state index is 12.0. The third-order valence-corrected chi connectivity index (χ3v) is 3.73. The van der Waals surface area contributed by atoms with Crippen molar-refractivity contribution in [3.8, 4) is 5.75 Å². The molecule has 1 saturated carbocycles. The first-order chi connectivity index (χ1) is 9.53. The van der Waals surface area contributed by atoms with Crippen LogP contribution in [0.1, 0.15) is 31.2 Å². The van der Waals surface area contributed by atoms with Crippen molar-refractivity contribution in [1.29, 1.82) is 0 Å². The summed E-state index contributed by atoms with van der Waals surface area (Å²) in [6.07, 6.45) is 2.71. The van der Waals surface area contributed by atoms with Crippen molar-refractivity contribution in [2.45, 2.75) is 37.6 Å². The fourth-order valence-corrected chi connectivity index (χ4v) is 2.51. The Labute approximate surface area is 117 Å². The molecule has 2 rings (SSSR count). The Balaban J connectivity index is 1.92. The van der Waals surface area contributed by atoms with Gasteiger partial charge in [0, 0.05) is 0 Å². The van der Waals surface area contributed by atoms with Gasteiger partial charge in [-0.05, 0) is 37.0 Å². The Morgan fingerprint density at radius 3 is 2.40 bits per heavy atom. The smallest absolute Gasteiger partial charge is 0.305 e. The first-order valence-corrected chi connectivity index (χ1v) is 6.69. The summed E-state index contributed by atoms with van der Waals surface area (Å²) in [6, 6.07) is 7.28. The third kappa shape index (κ3) is 3.50. The second-order valence-electron chi connectivity index (χ2n) is 5.28. The van der Waals surface area contributed by atoms with Crippen molar-refractivity contribution in [1.82, 2.24) is 5.32 Å². The molecule has 1 aromatic rings. The van der Waals surface area contributed by atoms with E-state index in [2.05, 4.69) is 5.32 Å². The maximum absolute atomic E-state index is 12.0. The van der Waals surface area contributed by atoms with E-state index in [9.17, 15) is 9.59 Å².